The standard InChI is InChI=1S/C28H27F3O2/c1-3-5-6-21-11-13-23(27(31)26(21)30)20-9-7-19(8-10-20)22-12-14-24(25(29)15-22)28-32-16-18(4-2)17-33-28/h4,7-15,18,28H,2-3,5-6,16-17H2,1H3. The van der Waals surface area contributed by atoms with E-state index in [-0.39, 0.29) is 11.5 Å². The first-order valence-corrected chi connectivity index (χ1v) is 11.2. The Hall–Kier alpha value is -2.89. The maximum absolute atomic E-state index is 14.8. The van der Waals surface area contributed by atoms with Gasteiger partial charge in [0.05, 0.1) is 13.2 Å². The van der Waals surface area contributed by atoms with Crippen LogP contribution in [0, 0.1) is 23.4 Å². The van der Waals surface area contributed by atoms with E-state index in [4.69, 9.17) is 9.47 Å². The molecule has 3 aromatic rings. The van der Waals surface area contributed by atoms with Crippen molar-refractivity contribution < 1.29 is 22.6 Å². The van der Waals surface area contributed by atoms with E-state index in [1.54, 1.807) is 54.6 Å². The molecule has 0 unspecified atom stereocenters. The molecule has 0 amide bonds. The summed E-state index contributed by atoms with van der Waals surface area (Å²) in [7, 11) is 0. The van der Waals surface area contributed by atoms with Gasteiger partial charge in [-0.15, -0.1) is 6.58 Å². The summed E-state index contributed by atoms with van der Waals surface area (Å²) in [6.45, 7) is 6.61. The molecule has 2 nitrogen and oxygen atoms in total. The molecule has 5 heteroatoms. The summed E-state index contributed by atoms with van der Waals surface area (Å²) in [6, 6.07) is 15.1. The van der Waals surface area contributed by atoms with Crippen molar-refractivity contribution in [2.45, 2.75) is 32.5 Å². The molecular formula is C28H27F3O2. The SMILES string of the molecule is C=CC1COC(c2ccc(-c3ccc(-c4ccc(CCCC)c(F)c4F)cc3)cc2F)OC1. The predicted molar refractivity (Wildman–Crippen MR) is 124 cm³/mol. The Morgan fingerprint density at radius 1 is 0.879 bits per heavy atom. The second kappa shape index (κ2) is 10.4. The molecule has 33 heavy (non-hydrogen) atoms. The smallest absolute Gasteiger partial charge is 0.186 e. The Labute approximate surface area is 192 Å². The summed E-state index contributed by atoms with van der Waals surface area (Å²) in [5, 5.41) is 0. The fraction of sp³-hybridized carbons (Fsp3) is 0.286. The van der Waals surface area contributed by atoms with E-state index in [9.17, 15) is 13.2 Å². The molecule has 0 atom stereocenters. The van der Waals surface area contributed by atoms with Crippen LogP contribution in [0.15, 0.2) is 67.3 Å². The molecule has 1 aliphatic heterocycles. The molecule has 0 aliphatic carbocycles. The van der Waals surface area contributed by atoms with Gasteiger partial charge >= 0.3 is 0 Å². The number of hydrogen-bond acceptors (Lipinski definition) is 2. The Balaban J connectivity index is 1.52. The van der Waals surface area contributed by atoms with Crippen molar-refractivity contribution >= 4 is 0 Å². The predicted octanol–water partition coefficient (Wildman–Crippen LogP) is 7.63. The number of benzene rings is 3. The first kappa shape index (κ1) is 23.3. The minimum absolute atomic E-state index is 0.105. The third-order valence-corrected chi connectivity index (χ3v) is 6.00. The highest BCUT2D eigenvalue weighted by molar-refractivity contribution is 5.71. The zero-order valence-electron chi connectivity index (χ0n) is 18.6. The number of unbranched alkanes of at least 4 members (excludes halogenated alkanes) is 1. The van der Waals surface area contributed by atoms with E-state index in [0.717, 1.165) is 18.4 Å². The maximum atomic E-state index is 14.8. The molecule has 0 saturated carbocycles. The van der Waals surface area contributed by atoms with Crippen molar-refractivity contribution in [1.29, 1.82) is 0 Å². The largest absolute Gasteiger partial charge is 0.348 e. The summed E-state index contributed by atoms with van der Waals surface area (Å²) in [6.07, 6.45) is 3.28. The minimum atomic E-state index is -0.835. The third-order valence-electron chi connectivity index (χ3n) is 6.00. The molecule has 172 valence electrons. The molecule has 3 aromatic carbocycles. The second-order valence-electron chi connectivity index (χ2n) is 8.31. The number of aryl methyl sites for hydroxylation is 1. The van der Waals surface area contributed by atoms with Crippen LogP contribution in [0.1, 0.15) is 37.2 Å². The molecule has 0 N–H and O–H groups in total. The number of hydrogen-bond donors (Lipinski definition) is 0. The lowest BCUT2D eigenvalue weighted by molar-refractivity contribution is -0.198. The average molecular weight is 453 g/mol. The zero-order chi connectivity index (χ0) is 23.4. The van der Waals surface area contributed by atoms with Gasteiger partial charge in [0.2, 0.25) is 0 Å². The van der Waals surface area contributed by atoms with E-state index in [1.165, 1.54) is 6.07 Å². The summed E-state index contributed by atoms with van der Waals surface area (Å²) >= 11 is 0. The molecule has 1 saturated heterocycles. The Kier molecular flexibility index (Phi) is 7.31. The quantitative estimate of drug-likeness (QED) is 0.343. The first-order chi connectivity index (χ1) is 16.0. The van der Waals surface area contributed by atoms with Gasteiger partial charge < -0.3 is 9.47 Å². The van der Waals surface area contributed by atoms with Gasteiger partial charge in [-0.2, -0.15) is 0 Å². The molecule has 1 heterocycles. The van der Waals surface area contributed by atoms with Crippen LogP contribution in [0.5, 0.6) is 0 Å². The van der Waals surface area contributed by atoms with Gasteiger partial charge in [-0.25, -0.2) is 13.2 Å². The van der Waals surface area contributed by atoms with Gasteiger partial charge in [0.25, 0.3) is 0 Å². The van der Waals surface area contributed by atoms with Gasteiger partial charge in [-0.05, 0) is 41.2 Å². The summed E-state index contributed by atoms with van der Waals surface area (Å²) < 4.78 is 55.1. The monoisotopic (exact) mass is 452 g/mol. The number of halogens is 3. The minimum Gasteiger partial charge on any atom is -0.348 e. The van der Waals surface area contributed by atoms with Crippen LogP contribution in [0.4, 0.5) is 13.2 Å². The van der Waals surface area contributed by atoms with Gasteiger partial charge in [0, 0.05) is 17.0 Å². The van der Waals surface area contributed by atoms with Crippen LogP contribution in [0.3, 0.4) is 0 Å². The first-order valence-electron chi connectivity index (χ1n) is 11.2. The maximum Gasteiger partial charge on any atom is 0.186 e. The number of rotatable bonds is 7. The van der Waals surface area contributed by atoms with Crippen molar-refractivity contribution in [2.24, 2.45) is 5.92 Å². The van der Waals surface area contributed by atoms with Crippen molar-refractivity contribution in [2.75, 3.05) is 13.2 Å². The van der Waals surface area contributed by atoms with Crippen LogP contribution in [-0.4, -0.2) is 13.2 Å². The van der Waals surface area contributed by atoms with Gasteiger partial charge in [0.1, 0.15) is 5.82 Å². The molecule has 0 aromatic heterocycles. The summed E-state index contributed by atoms with van der Waals surface area (Å²) in [5.41, 5.74) is 2.96. The van der Waals surface area contributed by atoms with Crippen molar-refractivity contribution in [3.8, 4) is 22.3 Å². The molecule has 0 radical (unpaired) electrons. The highest BCUT2D eigenvalue weighted by Gasteiger charge is 2.24. The fourth-order valence-electron chi connectivity index (χ4n) is 3.95. The summed E-state index contributed by atoms with van der Waals surface area (Å²) in [4.78, 5) is 0. The van der Waals surface area contributed by atoms with Gasteiger partial charge in [-0.3, -0.25) is 0 Å². The van der Waals surface area contributed by atoms with Crippen LogP contribution in [0.2, 0.25) is 0 Å². The van der Waals surface area contributed by atoms with E-state index in [1.807, 2.05) is 6.92 Å². The van der Waals surface area contributed by atoms with Crippen LogP contribution >= 0.6 is 0 Å². The topological polar surface area (TPSA) is 18.5 Å². The lowest BCUT2D eigenvalue weighted by Gasteiger charge is -2.28. The lowest BCUT2D eigenvalue weighted by Crippen LogP contribution is -2.26. The van der Waals surface area contributed by atoms with E-state index in [0.29, 0.717) is 41.9 Å². The average Bonchev–Trinajstić information content (AvgIpc) is 2.85. The van der Waals surface area contributed by atoms with Crippen molar-refractivity contribution in [1.82, 2.24) is 0 Å². The lowest BCUT2D eigenvalue weighted by atomic mass is 9.97. The van der Waals surface area contributed by atoms with Crippen LogP contribution in [0.25, 0.3) is 22.3 Å². The number of ether oxygens (including phenoxy) is 2. The van der Waals surface area contributed by atoms with E-state index >= 15 is 0 Å². The highest BCUT2D eigenvalue weighted by atomic mass is 19.2. The second-order valence-corrected chi connectivity index (χ2v) is 8.31. The van der Waals surface area contributed by atoms with Crippen molar-refractivity contribution in [3.63, 3.8) is 0 Å². The Morgan fingerprint density at radius 3 is 2.18 bits per heavy atom. The van der Waals surface area contributed by atoms with Gasteiger partial charge in [-0.1, -0.05) is 68.0 Å². The molecular weight excluding hydrogens is 425 g/mol. The Morgan fingerprint density at radius 2 is 1.55 bits per heavy atom. The van der Waals surface area contributed by atoms with Crippen LogP contribution < -0.4 is 0 Å². The highest BCUT2D eigenvalue weighted by Crippen LogP contribution is 2.32. The van der Waals surface area contributed by atoms with E-state index < -0.39 is 23.7 Å². The van der Waals surface area contributed by atoms with Gasteiger partial charge in [0.15, 0.2) is 17.9 Å². The molecule has 0 bridgehead atoms. The molecule has 1 aliphatic rings. The zero-order valence-corrected chi connectivity index (χ0v) is 18.6. The fourth-order valence-corrected chi connectivity index (χ4v) is 3.95. The van der Waals surface area contributed by atoms with Crippen molar-refractivity contribution in [3.05, 3.63) is 95.8 Å². The molecule has 0 spiro atoms. The van der Waals surface area contributed by atoms with E-state index in [2.05, 4.69) is 6.58 Å². The third kappa shape index (κ3) is 5.05. The normalized spacial score (nSPS) is 18.3. The molecule has 4 rings (SSSR count). The Bertz CT molecular complexity index is 1120. The molecule has 1 fully saturated rings. The summed E-state index contributed by atoms with van der Waals surface area (Å²) in [5.74, 6) is -1.94. The van der Waals surface area contributed by atoms with Crippen LogP contribution in [-0.2, 0) is 15.9 Å².